The van der Waals surface area contributed by atoms with E-state index in [2.05, 4.69) is 46.1 Å². The molecule has 7 heteroatoms. The second kappa shape index (κ2) is 7.94. The zero-order valence-corrected chi connectivity index (χ0v) is 18.9. The molecule has 0 aliphatic rings. The monoisotopic (exact) mass is 451 g/mol. The van der Waals surface area contributed by atoms with Crippen LogP contribution in [0.3, 0.4) is 0 Å². The van der Waals surface area contributed by atoms with Gasteiger partial charge in [-0.15, -0.1) is 0 Å². The van der Waals surface area contributed by atoms with E-state index in [0.717, 1.165) is 49.7 Å². The van der Waals surface area contributed by atoms with Crippen molar-refractivity contribution in [3.63, 3.8) is 0 Å². The Balaban J connectivity index is 1.30. The molecule has 6 nitrogen and oxygen atoms in total. The van der Waals surface area contributed by atoms with Crippen LogP contribution < -0.4 is 5.32 Å². The molecule has 33 heavy (non-hydrogen) atoms. The summed E-state index contributed by atoms with van der Waals surface area (Å²) in [5.41, 5.74) is 6.59. The molecule has 3 aromatic heterocycles. The van der Waals surface area contributed by atoms with Crippen molar-refractivity contribution in [1.82, 2.24) is 19.5 Å². The minimum absolute atomic E-state index is 0.0653. The first-order valence-electron chi connectivity index (χ1n) is 11.0. The minimum atomic E-state index is -0.0653. The largest absolute Gasteiger partial charge is 0.323 e. The SMILES string of the molecule is CCc1ccc2nc(NC(=O)CCn3c4ccccc4c4nc5ccccc5nc43)sc2c1. The molecule has 0 saturated heterocycles. The number of nitrogens with one attached hydrogen (secondary N) is 1. The molecule has 0 radical (unpaired) electrons. The number of carbonyl (C=O) groups excluding carboxylic acids is 1. The first kappa shape index (κ1) is 19.8. The number of amides is 1. The molecule has 0 aliphatic heterocycles. The summed E-state index contributed by atoms with van der Waals surface area (Å²) in [7, 11) is 0. The molecule has 0 aliphatic carbocycles. The van der Waals surface area contributed by atoms with Gasteiger partial charge < -0.3 is 9.88 Å². The van der Waals surface area contributed by atoms with Gasteiger partial charge in [-0.25, -0.2) is 15.0 Å². The number of hydrogen-bond acceptors (Lipinski definition) is 5. The lowest BCUT2D eigenvalue weighted by Crippen LogP contribution is -2.14. The van der Waals surface area contributed by atoms with Crippen LogP contribution in [0.25, 0.3) is 43.3 Å². The van der Waals surface area contributed by atoms with Crippen molar-refractivity contribution >= 4 is 65.7 Å². The van der Waals surface area contributed by atoms with Gasteiger partial charge in [0.25, 0.3) is 0 Å². The van der Waals surface area contributed by atoms with Crippen molar-refractivity contribution in [2.45, 2.75) is 26.3 Å². The van der Waals surface area contributed by atoms with Crippen molar-refractivity contribution in [1.29, 1.82) is 0 Å². The van der Waals surface area contributed by atoms with E-state index in [1.165, 1.54) is 16.9 Å². The fourth-order valence-electron chi connectivity index (χ4n) is 4.25. The molecule has 0 spiro atoms. The van der Waals surface area contributed by atoms with Gasteiger partial charge in [0.2, 0.25) is 5.91 Å². The predicted molar refractivity (Wildman–Crippen MR) is 135 cm³/mol. The number of nitrogens with zero attached hydrogens (tertiary/aromatic N) is 4. The van der Waals surface area contributed by atoms with Crippen molar-refractivity contribution in [2.75, 3.05) is 5.32 Å². The molecule has 3 heterocycles. The maximum atomic E-state index is 12.8. The van der Waals surface area contributed by atoms with Crippen molar-refractivity contribution in [2.24, 2.45) is 0 Å². The van der Waals surface area contributed by atoms with Gasteiger partial charge in [0, 0.05) is 18.4 Å². The van der Waals surface area contributed by atoms with Crippen LogP contribution in [0.2, 0.25) is 0 Å². The van der Waals surface area contributed by atoms with Gasteiger partial charge >= 0.3 is 0 Å². The van der Waals surface area contributed by atoms with Crippen molar-refractivity contribution in [3.8, 4) is 0 Å². The van der Waals surface area contributed by atoms with Crippen LogP contribution >= 0.6 is 11.3 Å². The summed E-state index contributed by atoms with van der Waals surface area (Å²) >= 11 is 1.51. The normalized spacial score (nSPS) is 11.7. The number of para-hydroxylation sites is 3. The van der Waals surface area contributed by atoms with E-state index in [1.807, 2.05) is 42.5 Å². The zero-order valence-electron chi connectivity index (χ0n) is 18.1. The third-order valence-corrected chi connectivity index (χ3v) is 6.86. The van der Waals surface area contributed by atoms with E-state index in [0.29, 0.717) is 18.1 Å². The van der Waals surface area contributed by atoms with Gasteiger partial charge in [-0.05, 0) is 42.3 Å². The van der Waals surface area contributed by atoms with Gasteiger partial charge in [0.05, 0.1) is 26.8 Å². The topological polar surface area (TPSA) is 72.7 Å². The van der Waals surface area contributed by atoms with Gasteiger partial charge in [0.1, 0.15) is 5.52 Å². The molecule has 0 unspecified atom stereocenters. The lowest BCUT2D eigenvalue weighted by atomic mass is 10.2. The van der Waals surface area contributed by atoms with Crippen molar-refractivity contribution < 1.29 is 4.79 Å². The van der Waals surface area contributed by atoms with Gasteiger partial charge in [-0.1, -0.05) is 54.7 Å². The van der Waals surface area contributed by atoms with E-state index < -0.39 is 0 Å². The van der Waals surface area contributed by atoms with Gasteiger partial charge in [-0.3, -0.25) is 4.79 Å². The first-order valence-corrected chi connectivity index (χ1v) is 11.8. The second-order valence-corrected chi connectivity index (χ2v) is 9.06. The van der Waals surface area contributed by atoms with E-state index in [1.54, 1.807) is 0 Å². The van der Waals surface area contributed by atoms with E-state index in [9.17, 15) is 4.79 Å². The van der Waals surface area contributed by atoms with E-state index in [-0.39, 0.29) is 5.91 Å². The average Bonchev–Trinajstić information content (AvgIpc) is 3.38. The zero-order chi connectivity index (χ0) is 22.4. The Morgan fingerprint density at radius 3 is 2.58 bits per heavy atom. The summed E-state index contributed by atoms with van der Waals surface area (Å²) < 4.78 is 3.18. The molecular weight excluding hydrogens is 430 g/mol. The second-order valence-electron chi connectivity index (χ2n) is 8.03. The Labute approximate surface area is 193 Å². The number of fused-ring (bicyclic) bond motifs is 5. The molecule has 6 rings (SSSR count). The third-order valence-electron chi connectivity index (χ3n) is 5.93. The third kappa shape index (κ3) is 3.50. The number of thiazole rings is 1. The summed E-state index contributed by atoms with van der Waals surface area (Å²) in [6.07, 6.45) is 1.30. The molecule has 6 aromatic rings. The van der Waals surface area contributed by atoms with E-state index >= 15 is 0 Å². The maximum Gasteiger partial charge on any atom is 0.227 e. The van der Waals surface area contributed by atoms with Gasteiger partial charge in [0.15, 0.2) is 10.8 Å². The minimum Gasteiger partial charge on any atom is -0.323 e. The average molecular weight is 452 g/mol. The number of benzene rings is 3. The highest BCUT2D eigenvalue weighted by Crippen LogP contribution is 2.29. The highest BCUT2D eigenvalue weighted by atomic mass is 32.1. The van der Waals surface area contributed by atoms with E-state index in [4.69, 9.17) is 9.97 Å². The summed E-state index contributed by atoms with van der Waals surface area (Å²) in [5, 5.41) is 4.66. The van der Waals surface area contributed by atoms with Crippen LogP contribution in [0, 0.1) is 0 Å². The molecule has 0 saturated carbocycles. The Morgan fingerprint density at radius 2 is 1.73 bits per heavy atom. The summed E-state index contributed by atoms with van der Waals surface area (Å²) in [6, 6.07) is 22.2. The number of carbonyl (C=O) groups is 1. The fourth-order valence-corrected chi connectivity index (χ4v) is 5.19. The number of aryl methyl sites for hydroxylation is 2. The molecule has 1 amide bonds. The molecule has 0 atom stereocenters. The predicted octanol–water partition coefficient (Wildman–Crippen LogP) is 5.94. The maximum absolute atomic E-state index is 12.8. The molecule has 0 bridgehead atoms. The molecule has 162 valence electrons. The fraction of sp³-hybridized carbons (Fsp3) is 0.154. The lowest BCUT2D eigenvalue weighted by Gasteiger charge is -2.07. The van der Waals surface area contributed by atoms with Crippen LogP contribution in [0.1, 0.15) is 18.9 Å². The summed E-state index contributed by atoms with van der Waals surface area (Å²) in [6.45, 7) is 2.64. The number of hydrogen-bond donors (Lipinski definition) is 1. The highest BCUT2D eigenvalue weighted by Gasteiger charge is 2.16. The highest BCUT2D eigenvalue weighted by molar-refractivity contribution is 7.22. The first-order chi connectivity index (χ1) is 16.2. The smallest absolute Gasteiger partial charge is 0.227 e. The molecule has 1 N–H and O–H groups in total. The number of rotatable bonds is 5. The van der Waals surface area contributed by atoms with Crippen LogP contribution in [-0.2, 0) is 17.8 Å². The number of anilines is 1. The Morgan fingerprint density at radius 1 is 0.939 bits per heavy atom. The Hall–Kier alpha value is -3.84. The van der Waals surface area contributed by atoms with Crippen LogP contribution in [0.4, 0.5) is 5.13 Å². The van der Waals surface area contributed by atoms with Gasteiger partial charge in [-0.2, -0.15) is 0 Å². The van der Waals surface area contributed by atoms with Crippen LogP contribution in [0.5, 0.6) is 0 Å². The Kier molecular flexibility index (Phi) is 4.77. The molecule has 3 aromatic carbocycles. The van der Waals surface area contributed by atoms with Crippen molar-refractivity contribution in [3.05, 3.63) is 72.3 Å². The van der Waals surface area contributed by atoms with Crippen LogP contribution in [0.15, 0.2) is 66.7 Å². The quantitative estimate of drug-likeness (QED) is 0.352. The number of aromatic nitrogens is 4. The lowest BCUT2D eigenvalue weighted by molar-refractivity contribution is -0.116. The Bertz CT molecular complexity index is 1670. The summed E-state index contributed by atoms with van der Waals surface area (Å²) in [4.78, 5) is 27.1. The molecular formula is C26H21N5OS. The molecule has 0 fully saturated rings. The summed E-state index contributed by atoms with van der Waals surface area (Å²) in [5.74, 6) is -0.0653. The van der Waals surface area contributed by atoms with Crippen LogP contribution in [-0.4, -0.2) is 25.4 Å². The standard InChI is InChI=1S/C26H21N5OS/c1-2-16-11-12-20-22(15-16)33-26(29-20)30-23(32)13-14-31-21-10-6-3-7-17(21)24-25(31)28-19-9-5-4-8-18(19)27-24/h3-12,15H,2,13-14H2,1H3,(H,29,30,32).